The number of aromatic nitrogens is 2. The second-order valence-electron chi connectivity index (χ2n) is 3.16. The second-order valence-corrected chi connectivity index (χ2v) is 3.16. The summed E-state index contributed by atoms with van der Waals surface area (Å²) in [4.78, 5) is 4.30. The topological polar surface area (TPSA) is 17.8 Å². The van der Waals surface area contributed by atoms with Crippen LogP contribution in [0.25, 0.3) is 11.0 Å². The minimum atomic E-state index is 0.884. The van der Waals surface area contributed by atoms with Gasteiger partial charge in [-0.05, 0) is 24.1 Å². The zero-order valence-corrected chi connectivity index (χ0v) is 8.41. The lowest BCUT2D eigenvalue weighted by Crippen LogP contribution is -1.92. The van der Waals surface area contributed by atoms with E-state index in [2.05, 4.69) is 29.0 Å². The molecule has 0 atom stereocenters. The Hall–Kier alpha value is -1.75. The van der Waals surface area contributed by atoms with Gasteiger partial charge in [0.2, 0.25) is 0 Å². The average molecular weight is 184 g/mol. The lowest BCUT2D eigenvalue weighted by molar-refractivity contribution is 0.931. The average Bonchev–Trinajstić information content (AvgIpc) is 2.54. The van der Waals surface area contributed by atoms with Crippen LogP contribution in [-0.4, -0.2) is 9.55 Å². The van der Waals surface area contributed by atoms with E-state index in [1.165, 1.54) is 0 Å². The molecule has 2 heterocycles. The predicted molar refractivity (Wildman–Crippen MR) is 57.9 cm³/mol. The number of rotatable bonds is 0. The van der Waals surface area contributed by atoms with Crippen molar-refractivity contribution in [1.29, 1.82) is 0 Å². The first kappa shape index (κ1) is 8.83. The van der Waals surface area contributed by atoms with E-state index in [9.17, 15) is 0 Å². The van der Waals surface area contributed by atoms with E-state index in [1.54, 1.807) is 6.20 Å². The van der Waals surface area contributed by atoms with E-state index in [-0.39, 0.29) is 0 Å². The van der Waals surface area contributed by atoms with E-state index >= 15 is 0 Å². The quantitative estimate of drug-likeness (QED) is 0.574. The van der Waals surface area contributed by atoms with Crippen LogP contribution in [0.3, 0.4) is 0 Å². The molecule has 0 aliphatic heterocycles. The molecule has 0 aromatic carbocycles. The van der Waals surface area contributed by atoms with Crippen molar-refractivity contribution in [3.63, 3.8) is 0 Å². The minimum absolute atomic E-state index is 0.884. The molecule has 2 heteroatoms. The molecule has 0 bridgehead atoms. The Morgan fingerprint density at radius 1 is 1.50 bits per heavy atom. The van der Waals surface area contributed by atoms with Crippen LogP contribution >= 0.6 is 0 Å². The summed E-state index contributed by atoms with van der Waals surface area (Å²) >= 11 is 0. The van der Waals surface area contributed by atoms with Crippen LogP contribution in [0.4, 0.5) is 0 Å². The lowest BCUT2D eigenvalue weighted by Gasteiger charge is -1.95. The fourth-order valence-corrected chi connectivity index (χ4v) is 1.46. The van der Waals surface area contributed by atoms with Crippen molar-refractivity contribution in [2.75, 3.05) is 0 Å². The number of hydrogen-bond acceptors (Lipinski definition) is 1. The largest absolute Gasteiger partial charge is 0.322 e. The molecule has 0 radical (unpaired) electrons. The van der Waals surface area contributed by atoms with Gasteiger partial charge in [0.05, 0.1) is 5.69 Å². The molecule has 2 rings (SSSR count). The normalized spacial score (nSPS) is 9.86. The first-order chi connectivity index (χ1) is 6.83. The van der Waals surface area contributed by atoms with Crippen molar-refractivity contribution in [1.82, 2.24) is 9.55 Å². The van der Waals surface area contributed by atoms with Crippen LogP contribution < -0.4 is 0 Å². The number of aryl methyl sites for hydroxylation is 1. The standard InChI is InChI=1S/C12H12N2/c1-3-4-7-11-9-10-6-5-8-13-12(10)14(11)2/h5-6,8-9H,3H2,1-2H3. The molecular weight excluding hydrogens is 172 g/mol. The highest BCUT2D eigenvalue weighted by molar-refractivity contribution is 5.78. The fraction of sp³-hybridized carbons (Fsp3) is 0.250. The minimum Gasteiger partial charge on any atom is -0.322 e. The summed E-state index contributed by atoms with van der Waals surface area (Å²) < 4.78 is 2.03. The Balaban J connectivity index is 2.62. The van der Waals surface area contributed by atoms with Crippen molar-refractivity contribution < 1.29 is 0 Å². The molecule has 0 aliphatic carbocycles. The zero-order chi connectivity index (χ0) is 9.97. The molecule has 0 aliphatic rings. The molecule has 2 aromatic rings. The van der Waals surface area contributed by atoms with Crippen molar-refractivity contribution in [2.45, 2.75) is 13.3 Å². The zero-order valence-electron chi connectivity index (χ0n) is 8.41. The van der Waals surface area contributed by atoms with Crippen molar-refractivity contribution >= 4 is 11.0 Å². The number of nitrogens with zero attached hydrogens (tertiary/aromatic N) is 2. The summed E-state index contributed by atoms with van der Waals surface area (Å²) in [5.74, 6) is 6.19. The highest BCUT2D eigenvalue weighted by Gasteiger charge is 2.02. The Morgan fingerprint density at radius 2 is 2.36 bits per heavy atom. The highest BCUT2D eigenvalue weighted by Crippen LogP contribution is 2.14. The summed E-state index contributed by atoms with van der Waals surface area (Å²) in [5.41, 5.74) is 2.02. The Kier molecular flexibility index (Phi) is 2.24. The smallest absolute Gasteiger partial charge is 0.140 e. The van der Waals surface area contributed by atoms with E-state index in [1.807, 2.05) is 24.6 Å². The molecule has 0 saturated carbocycles. The summed E-state index contributed by atoms with van der Waals surface area (Å²) in [6, 6.07) is 6.07. The molecular formula is C12H12N2. The molecule has 0 spiro atoms. The van der Waals surface area contributed by atoms with Gasteiger partial charge in [-0.25, -0.2) is 4.98 Å². The van der Waals surface area contributed by atoms with E-state index in [0.29, 0.717) is 0 Å². The fourth-order valence-electron chi connectivity index (χ4n) is 1.46. The summed E-state index contributed by atoms with van der Waals surface area (Å²) in [7, 11) is 2.00. The summed E-state index contributed by atoms with van der Waals surface area (Å²) in [6.07, 6.45) is 2.69. The van der Waals surface area contributed by atoms with Gasteiger partial charge >= 0.3 is 0 Å². The molecule has 0 unspecified atom stereocenters. The van der Waals surface area contributed by atoms with Crippen molar-refractivity contribution in [3.05, 3.63) is 30.1 Å². The van der Waals surface area contributed by atoms with Crippen LogP contribution in [-0.2, 0) is 7.05 Å². The molecule has 0 saturated heterocycles. The van der Waals surface area contributed by atoms with Gasteiger partial charge in [0.25, 0.3) is 0 Å². The highest BCUT2D eigenvalue weighted by atomic mass is 15.0. The summed E-state index contributed by atoms with van der Waals surface area (Å²) in [6.45, 7) is 2.05. The summed E-state index contributed by atoms with van der Waals surface area (Å²) in [5, 5.41) is 1.15. The van der Waals surface area contributed by atoms with Gasteiger partial charge < -0.3 is 4.57 Å². The molecule has 0 fully saturated rings. The number of hydrogen-bond donors (Lipinski definition) is 0. The Morgan fingerprint density at radius 3 is 3.07 bits per heavy atom. The molecule has 70 valence electrons. The van der Waals surface area contributed by atoms with Gasteiger partial charge in [-0.1, -0.05) is 12.8 Å². The van der Waals surface area contributed by atoms with Crippen LogP contribution in [0.15, 0.2) is 24.4 Å². The van der Waals surface area contributed by atoms with Crippen LogP contribution in [0, 0.1) is 11.8 Å². The van der Waals surface area contributed by atoms with Gasteiger partial charge in [-0.15, -0.1) is 0 Å². The Bertz CT molecular complexity index is 512. The Labute approximate surface area is 83.6 Å². The van der Waals surface area contributed by atoms with E-state index in [4.69, 9.17) is 0 Å². The first-order valence-electron chi connectivity index (χ1n) is 4.72. The van der Waals surface area contributed by atoms with Crippen LogP contribution in [0.2, 0.25) is 0 Å². The number of fused-ring (bicyclic) bond motifs is 1. The van der Waals surface area contributed by atoms with Gasteiger partial charge in [-0.3, -0.25) is 0 Å². The third kappa shape index (κ3) is 1.38. The van der Waals surface area contributed by atoms with Crippen LogP contribution in [0.5, 0.6) is 0 Å². The third-order valence-corrected chi connectivity index (χ3v) is 2.18. The van der Waals surface area contributed by atoms with Crippen molar-refractivity contribution in [3.8, 4) is 11.8 Å². The van der Waals surface area contributed by atoms with Gasteiger partial charge in [0.15, 0.2) is 0 Å². The molecule has 2 nitrogen and oxygen atoms in total. The van der Waals surface area contributed by atoms with Gasteiger partial charge in [-0.2, -0.15) is 0 Å². The molecule has 2 aromatic heterocycles. The van der Waals surface area contributed by atoms with E-state index in [0.717, 1.165) is 23.1 Å². The molecule has 14 heavy (non-hydrogen) atoms. The molecule has 0 amide bonds. The van der Waals surface area contributed by atoms with Crippen molar-refractivity contribution in [2.24, 2.45) is 7.05 Å². The van der Waals surface area contributed by atoms with Crippen LogP contribution in [0.1, 0.15) is 19.0 Å². The van der Waals surface area contributed by atoms with E-state index < -0.39 is 0 Å². The van der Waals surface area contributed by atoms with Gasteiger partial charge in [0.1, 0.15) is 5.65 Å². The van der Waals surface area contributed by atoms with Gasteiger partial charge in [0, 0.05) is 25.1 Å². The SMILES string of the molecule is CCC#Cc1cc2cccnc2n1C. The third-order valence-electron chi connectivity index (χ3n) is 2.18. The maximum atomic E-state index is 4.30. The second kappa shape index (κ2) is 3.55. The monoisotopic (exact) mass is 184 g/mol. The maximum absolute atomic E-state index is 4.30. The first-order valence-corrected chi connectivity index (χ1v) is 4.72. The number of pyridine rings is 1. The lowest BCUT2D eigenvalue weighted by atomic mass is 10.3. The maximum Gasteiger partial charge on any atom is 0.140 e. The predicted octanol–water partition coefficient (Wildman–Crippen LogP) is 2.33. The molecule has 0 N–H and O–H groups in total.